The highest BCUT2D eigenvalue weighted by molar-refractivity contribution is 8.44. The van der Waals surface area contributed by atoms with Crippen molar-refractivity contribution in [3.8, 4) is 0 Å². The highest BCUT2D eigenvalue weighted by Gasteiger charge is 2.51. The quantitative estimate of drug-likeness (QED) is 0.160. The van der Waals surface area contributed by atoms with Crippen LogP contribution in [0.25, 0.3) is 22.3 Å². The SMILES string of the molecule is Nc1nc2c(ncn2[C@@H]2OC3COP(=O)(S)O[C@@H]4C(CNS(=O)(=O)O[C@@H]2C3)O[C@@H](n2cnc3cncnc32)[C@@H]4F)c(=O)[nH]1. The van der Waals surface area contributed by atoms with Gasteiger partial charge in [0.1, 0.15) is 30.2 Å². The molecule has 8 atom stereocenters. The molecule has 3 aliphatic heterocycles. The van der Waals surface area contributed by atoms with Gasteiger partial charge in [0.25, 0.3) is 5.56 Å². The molecule has 7 rings (SSSR count). The Labute approximate surface area is 245 Å². The molecule has 0 aliphatic carbocycles. The number of nitrogen functional groups attached to an aromatic ring is 1. The lowest BCUT2D eigenvalue weighted by Crippen LogP contribution is -2.41. The summed E-state index contributed by atoms with van der Waals surface area (Å²) in [5, 5.41) is 0. The number of alkyl halides is 1. The fourth-order valence-electron chi connectivity index (χ4n) is 5.21. The maximum absolute atomic E-state index is 15.9. The first-order chi connectivity index (χ1) is 20.5. The molecule has 230 valence electrons. The average molecular weight is 661 g/mol. The van der Waals surface area contributed by atoms with Gasteiger partial charge in [-0.2, -0.15) is 18.1 Å². The van der Waals surface area contributed by atoms with Crippen LogP contribution in [-0.4, -0.2) is 91.2 Å². The normalized spacial score (nSPS) is 34.9. The molecule has 0 spiro atoms. The molecule has 3 fully saturated rings. The number of rotatable bonds is 2. The number of ether oxygens (including phenoxy) is 2. The standard InChI is InChI=1S/C20H22FN10O9PS2/c21-12-14-11(38-19(12)30-6-25-9-2-23-5-24-15(9)30)3-27-43(34,35)40-10-1-8(4-36-41(33,42)39-14)37-18(10)31-7-26-13-16(31)28-20(22)29-17(13)32/h2,5-8,10-12,14,18-19,27H,1,3-4H2,(H,33,42)(H3,22,28,29,32)/t8?,10-,11?,12-,14-,18-,19-,41?/m1/s1. The van der Waals surface area contributed by atoms with Crippen molar-refractivity contribution >= 4 is 57.6 Å². The molecule has 19 nitrogen and oxygen atoms in total. The maximum atomic E-state index is 15.9. The van der Waals surface area contributed by atoms with Gasteiger partial charge in [-0.1, -0.05) is 12.2 Å². The van der Waals surface area contributed by atoms with Crippen LogP contribution >= 0.6 is 19.0 Å². The molecule has 7 heterocycles. The van der Waals surface area contributed by atoms with E-state index in [0.717, 1.165) is 0 Å². The van der Waals surface area contributed by atoms with Crippen molar-refractivity contribution in [3.05, 3.63) is 35.5 Å². The molecule has 3 saturated heterocycles. The lowest BCUT2D eigenvalue weighted by Gasteiger charge is -2.24. The molecule has 4 aromatic heterocycles. The molecule has 43 heavy (non-hydrogen) atoms. The van der Waals surface area contributed by atoms with Crippen LogP contribution in [0.15, 0.2) is 30.0 Å². The number of hydrogen-bond acceptors (Lipinski definition) is 15. The summed E-state index contributed by atoms with van der Waals surface area (Å²) in [7, 11) is -4.54. The van der Waals surface area contributed by atoms with Crippen LogP contribution < -0.4 is 16.0 Å². The smallest absolute Gasteiger partial charge is 0.369 e. The number of halogens is 1. The number of fused-ring (bicyclic) bond motifs is 5. The van der Waals surface area contributed by atoms with E-state index in [9.17, 15) is 17.8 Å². The number of nitrogens with one attached hydrogen (secondary N) is 2. The summed E-state index contributed by atoms with van der Waals surface area (Å²) >= 11 is 4.02. The van der Waals surface area contributed by atoms with Crippen LogP contribution in [-0.2, 0) is 37.6 Å². The Balaban J connectivity index is 1.19. The predicted molar refractivity (Wildman–Crippen MR) is 144 cm³/mol. The van der Waals surface area contributed by atoms with Crippen LogP contribution in [0.1, 0.15) is 18.9 Å². The highest BCUT2D eigenvalue weighted by atomic mass is 32.7. The van der Waals surface area contributed by atoms with Gasteiger partial charge in [0.2, 0.25) is 5.95 Å². The summed E-state index contributed by atoms with van der Waals surface area (Å²) in [5.74, 6) is -0.203. The van der Waals surface area contributed by atoms with Crippen molar-refractivity contribution in [1.82, 2.24) is 43.8 Å². The van der Waals surface area contributed by atoms with Crippen LogP contribution in [0.5, 0.6) is 0 Å². The van der Waals surface area contributed by atoms with Crippen molar-refractivity contribution in [1.29, 1.82) is 0 Å². The van der Waals surface area contributed by atoms with Crippen LogP contribution in [0.4, 0.5) is 10.3 Å². The zero-order valence-electron chi connectivity index (χ0n) is 21.5. The van der Waals surface area contributed by atoms with E-state index >= 15 is 4.39 Å². The second-order valence-electron chi connectivity index (χ2n) is 9.82. The van der Waals surface area contributed by atoms with Gasteiger partial charge in [-0.25, -0.2) is 33.1 Å². The molecule has 0 amide bonds. The molecule has 2 bridgehead atoms. The first kappa shape index (κ1) is 28.7. The first-order valence-electron chi connectivity index (χ1n) is 12.6. The summed E-state index contributed by atoms with van der Waals surface area (Å²) in [4.78, 5) is 34.8. The van der Waals surface area contributed by atoms with E-state index < -0.39 is 78.9 Å². The third-order valence-corrected chi connectivity index (χ3v) is 9.67. The number of aromatic amines is 1. The summed E-state index contributed by atoms with van der Waals surface area (Å²) in [6, 6.07) is 0. The van der Waals surface area contributed by atoms with E-state index in [4.69, 9.17) is 28.4 Å². The van der Waals surface area contributed by atoms with E-state index in [0.29, 0.717) is 5.52 Å². The molecule has 0 saturated carbocycles. The zero-order chi connectivity index (χ0) is 30.1. The number of imidazole rings is 2. The van der Waals surface area contributed by atoms with Crippen LogP contribution in [0, 0.1) is 0 Å². The number of aromatic nitrogens is 8. The molecule has 23 heteroatoms. The van der Waals surface area contributed by atoms with E-state index in [1.807, 2.05) is 0 Å². The molecule has 3 unspecified atom stereocenters. The minimum atomic E-state index is -4.54. The van der Waals surface area contributed by atoms with Gasteiger partial charge in [-0.05, 0) is 0 Å². The Bertz CT molecular complexity index is 1920. The van der Waals surface area contributed by atoms with Crippen molar-refractivity contribution in [2.45, 2.75) is 49.5 Å². The van der Waals surface area contributed by atoms with Crippen molar-refractivity contribution < 1.29 is 40.1 Å². The molecular weight excluding hydrogens is 638 g/mol. The maximum Gasteiger partial charge on any atom is 0.386 e. The van der Waals surface area contributed by atoms with Crippen LogP contribution in [0.3, 0.4) is 0 Å². The third-order valence-electron chi connectivity index (χ3n) is 7.04. The number of H-pyrrole nitrogens is 1. The third kappa shape index (κ3) is 5.31. The van der Waals surface area contributed by atoms with Crippen molar-refractivity contribution in [3.63, 3.8) is 0 Å². The number of hydrogen-bond donors (Lipinski definition) is 4. The van der Waals surface area contributed by atoms with Crippen molar-refractivity contribution in [2.24, 2.45) is 0 Å². The van der Waals surface area contributed by atoms with E-state index in [1.165, 1.54) is 34.3 Å². The lowest BCUT2D eigenvalue weighted by atomic mass is 10.1. The predicted octanol–water partition coefficient (Wildman–Crippen LogP) is -0.262. The Morgan fingerprint density at radius 2 is 1.91 bits per heavy atom. The van der Waals surface area contributed by atoms with Gasteiger partial charge in [-0.15, -0.1) is 0 Å². The molecule has 3 aliphatic rings. The number of nitrogens with two attached hydrogens (primary N) is 1. The summed E-state index contributed by atoms with van der Waals surface area (Å²) < 4.78 is 88.3. The highest BCUT2D eigenvalue weighted by Crippen LogP contribution is 2.57. The molecule has 0 radical (unpaired) electrons. The molecule has 4 aromatic rings. The largest absolute Gasteiger partial charge is 0.386 e. The molecule has 4 N–H and O–H groups in total. The Hall–Kier alpha value is -3.08. The van der Waals surface area contributed by atoms with Gasteiger partial charge in [0, 0.05) is 13.0 Å². The fourth-order valence-corrected chi connectivity index (χ4v) is 7.64. The van der Waals surface area contributed by atoms with Crippen LogP contribution in [0.2, 0.25) is 0 Å². The summed E-state index contributed by atoms with van der Waals surface area (Å²) in [6.07, 6.45) is -4.48. The monoisotopic (exact) mass is 660 g/mol. The Morgan fingerprint density at radius 1 is 1.12 bits per heavy atom. The minimum Gasteiger partial charge on any atom is -0.369 e. The van der Waals surface area contributed by atoms with Gasteiger partial charge >= 0.3 is 17.1 Å². The summed E-state index contributed by atoms with van der Waals surface area (Å²) in [5.41, 5.74) is 5.61. The topological polar surface area (TPSA) is 243 Å². The van der Waals surface area contributed by atoms with E-state index in [1.54, 1.807) is 0 Å². The van der Waals surface area contributed by atoms with Gasteiger partial charge in [-0.3, -0.25) is 28.0 Å². The number of anilines is 1. The second kappa shape index (κ2) is 10.5. The first-order valence-corrected chi connectivity index (χ1v) is 16.7. The Morgan fingerprint density at radius 3 is 2.74 bits per heavy atom. The molecular formula is C20H22FN10O9PS2. The number of nitrogens with zero attached hydrogens (tertiary/aromatic N) is 7. The zero-order valence-corrected chi connectivity index (χ0v) is 24.1. The minimum absolute atomic E-state index is 0.00983. The number of thiol groups is 1. The lowest BCUT2D eigenvalue weighted by molar-refractivity contribution is -0.0439. The van der Waals surface area contributed by atoms with E-state index in [2.05, 4.69) is 46.9 Å². The Kier molecular flexibility index (Phi) is 7.02. The summed E-state index contributed by atoms with van der Waals surface area (Å²) in [6.45, 7) is -5.24. The van der Waals surface area contributed by atoms with Crippen molar-refractivity contribution in [2.75, 3.05) is 18.9 Å². The average Bonchev–Trinajstić information content (AvgIpc) is 3.71. The van der Waals surface area contributed by atoms with Gasteiger partial charge in [0.15, 0.2) is 35.4 Å². The van der Waals surface area contributed by atoms with Gasteiger partial charge in [0.05, 0.1) is 31.6 Å². The molecule has 0 aromatic carbocycles. The van der Waals surface area contributed by atoms with E-state index in [-0.39, 0.29) is 29.2 Å². The second-order valence-corrected chi connectivity index (χ2v) is 14.1. The van der Waals surface area contributed by atoms with Gasteiger partial charge < -0.3 is 15.2 Å². The fraction of sp³-hybridized carbons (Fsp3) is 0.500.